The van der Waals surface area contributed by atoms with Gasteiger partial charge in [-0.3, -0.25) is 4.79 Å². The van der Waals surface area contributed by atoms with Gasteiger partial charge < -0.3 is 14.4 Å². The van der Waals surface area contributed by atoms with Gasteiger partial charge in [0, 0.05) is 24.8 Å². The number of nitrogens with zero attached hydrogens (tertiary/aromatic N) is 1. The van der Waals surface area contributed by atoms with E-state index in [9.17, 15) is 6.17 Å². The molecule has 2 aliphatic carbocycles. The second-order valence-electron chi connectivity index (χ2n) is 6.70. The SMILES string of the molecule is [2H]c1c([2H])c(OC)c2c3c1C[C@H]1N(C)CC[C@@]34C([2H])(O2)C(=O)CC[C@@]14[2H]. The molecule has 4 heteroatoms. The third-order valence-corrected chi connectivity index (χ3v) is 5.88. The van der Waals surface area contributed by atoms with E-state index in [4.69, 9.17) is 13.6 Å². The van der Waals surface area contributed by atoms with Gasteiger partial charge in [-0.2, -0.15) is 0 Å². The van der Waals surface area contributed by atoms with Crippen molar-refractivity contribution in [1.82, 2.24) is 4.90 Å². The minimum absolute atomic E-state index is 0.0631. The van der Waals surface area contributed by atoms with Crippen molar-refractivity contribution < 1.29 is 19.8 Å². The van der Waals surface area contributed by atoms with Gasteiger partial charge in [-0.05, 0) is 50.4 Å². The second-order valence-corrected chi connectivity index (χ2v) is 6.70. The van der Waals surface area contributed by atoms with Crippen molar-refractivity contribution in [3.8, 4) is 11.5 Å². The van der Waals surface area contributed by atoms with Crippen molar-refractivity contribution in [2.24, 2.45) is 5.89 Å². The molecule has 1 aromatic rings. The normalized spacial score (nSPS) is 47.7. The lowest BCUT2D eigenvalue weighted by molar-refractivity contribution is -0.138. The molecule has 1 spiro atoms. The Bertz CT molecular complexity index is 877. The van der Waals surface area contributed by atoms with Crippen LogP contribution in [0.2, 0.25) is 0 Å². The van der Waals surface area contributed by atoms with Crippen molar-refractivity contribution in [2.45, 2.75) is 43.2 Å². The molecule has 2 aliphatic heterocycles. The molecule has 5 rings (SSSR count). The molecule has 2 heterocycles. The molecule has 0 N–H and O–H groups in total. The summed E-state index contributed by atoms with van der Waals surface area (Å²) in [7, 11) is 3.37. The van der Waals surface area contributed by atoms with Crippen LogP contribution in [0.15, 0.2) is 12.1 Å². The molecule has 22 heavy (non-hydrogen) atoms. The van der Waals surface area contributed by atoms with E-state index in [-0.39, 0.29) is 41.8 Å². The van der Waals surface area contributed by atoms with Crippen LogP contribution < -0.4 is 9.47 Å². The van der Waals surface area contributed by atoms with Crippen LogP contribution in [0.5, 0.6) is 11.5 Å². The summed E-state index contributed by atoms with van der Waals surface area (Å²) in [6.45, 7) is 0.666. The van der Waals surface area contributed by atoms with Gasteiger partial charge in [0.15, 0.2) is 23.4 Å². The molecule has 4 aliphatic rings. The Kier molecular flexibility index (Phi) is 1.76. The number of hydrogen-bond acceptors (Lipinski definition) is 4. The van der Waals surface area contributed by atoms with Crippen LogP contribution in [0.3, 0.4) is 0 Å². The first-order valence-corrected chi connectivity index (χ1v) is 7.86. The quantitative estimate of drug-likeness (QED) is 0.795. The third kappa shape index (κ3) is 1.27. The summed E-state index contributed by atoms with van der Waals surface area (Å²) in [4.78, 5) is 15.0. The summed E-state index contributed by atoms with van der Waals surface area (Å²) in [5.41, 5.74) is 0.165. The van der Waals surface area contributed by atoms with Gasteiger partial charge in [-0.25, -0.2) is 0 Å². The first-order valence-electron chi connectivity index (χ1n) is 9.86. The number of likely N-dealkylation sites (tertiary alicyclic amines) is 1. The minimum Gasteiger partial charge on any atom is -0.493 e. The molecule has 0 amide bonds. The van der Waals surface area contributed by atoms with E-state index in [0.29, 0.717) is 36.9 Å². The van der Waals surface area contributed by atoms with Crippen LogP contribution in [-0.2, 0) is 16.6 Å². The Morgan fingerprint density at radius 3 is 3.23 bits per heavy atom. The van der Waals surface area contributed by atoms with Crippen molar-refractivity contribution in [1.29, 1.82) is 0 Å². The summed E-state index contributed by atoms with van der Waals surface area (Å²) >= 11 is 0. The molecule has 1 saturated carbocycles. The van der Waals surface area contributed by atoms with Crippen LogP contribution in [0.25, 0.3) is 0 Å². The largest absolute Gasteiger partial charge is 0.493 e. The van der Waals surface area contributed by atoms with Gasteiger partial charge in [0.2, 0.25) is 0 Å². The number of piperidine rings is 1. The third-order valence-electron chi connectivity index (χ3n) is 5.88. The zero-order valence-corrected chi connectivity index (χ0v) is 12.8. The Labute approximate surface area is 136 Å². The van der Waals surface area contributed by atoms with Crippen LogP contribution in [-0.4, -0.2) is 43.5 Å². The Hall–Kier alpha value is -1.55. The van der Waals surface area contributed by atoms with Crippen LogP contribution in [0, 0.1) is 5.89 Å². The molecule has 2 bridgehead atoms. The number of carbonyl (C=O) groups excluding carboxylic acids is 1. The Morgan fingerprint density at radius 1 is 1.55 bits per heavy atom. The molecule has 0 radical (unpaired) electrons. The summed E-state index contributed by atoms with van der Waals surface area (Å²) < 4.78 is 46.7. The van der Waals surface area contributed by atoms with Crippen LogP contribution >= 0.6 is 0 Å². The Balaban J connectivity index is 1.95. The smallest absolute Gasteiger partial charge is 0.174 e. The number of rotatable bonds is 1. The highest BCUT2D eigenvalue weighted by Crippen LogP contribution is 2.62. The van der Waals surface area contributed by atoms with E-state index >= 15 is 0 Å². The van der Waals surface area contributed by atoms with Gasteiger partial charge >= 0.3 is 0 Å². The topological polar surface area (TPSA) is 38.8 Å². The van der Waals surface area contributed by atoms with Crippen molar-refractivity contribution in [2.75, 3.05) is 20.7 Å². The zero-order valence-electron chi connectivity index (χ0n) is 16.8. The summed E-state index contributed by atoms with van der Waals surface area (Å²) in [5, 5.41) is 0. The van der Waals surface area contributed by atoms with E-state index in [0.717, 1.165) is 0 Å². The van der Waals surface area contributed by atoms with E-state index in [1.807, 2.05) is 7.05 Å². The summed E-state index contributed by atoms with van der Waals surface area (Å²) in [6, 6.07) is -0.216. The molecule has 1 unspecified atom stereocenters. The number of ether oxygens (including phenoxy) is 2. The molecule has 4 atom stereocenters. The Morgan fingerprint density at radius 2 is 2.41 bits per heavy atom. The molecule has 1 saturated heterocycles. The standard InChI is InChI=1S/C18H21NO3/c1-19-8-7-18-11-4-5-13(20)17(18)22-16-14(21-2)6-3-10(15(16)18)9-12(11)19/h3,6,11-12,17H,4-5,7-9H2,1-2H3/t11-,12+,17?,18-/m0/s1/i3D,6D,11D,17D. The van der Waals surface area contributed by atoms with Crippen molar-refractivity contribution >= 4 is 5.78 Å². The van der Waals surface area contributed by atoms with E-state index in [1.54, 1.807) is 0 Å². The first-order chi connectivity index (χ1) is 12.2. The van der Waals surface area contributed by atoms with Gasteiger partial charge in [0.1, 0.15) is 0 Å². The summed E-state index contributed by atoms with van der Waals surface area (Å²) in [6.07, 6.45) is -0.420. The van der Waals surface area contributed by atoms with Crippen LogP contribution in [0.1, 0.15) is 35.9 Å². The molecule has 0 aromatic heterocycles. The van der Waals surface area contributed by atoms with Gasteiger partial charge in [0.25, 0.3) is 0 Å². The maximum absolute atomic E-state index is 12.9. The lowest BCUT2D eigenvalue weighted by Crippen LogP contribution is -2.65. The number of likely N-dealkylation sites (N-methyl/N-ethyl adjacent to an activating group) is 1. The van der Waals surface area contributed by atoms with Gasteiger partial charge in [-0.15, -0.1) is 0 Å². The average molecular weight is 303 g/mol. The van der Waals surface area contributed by atoms with Crippen molar-refractivity contribution in [3.05, 3.63) is 23.2 Å². The van der Waals surface area contributed by atoms with E-state index in [2.05, 4.69) is 4.90 Å². The molecular weight excluding hydrogens is 278 g/mol. The number of methoxy groups -OCH3 is 1. The van der Waals surface area contributed by atoms with Crippen LogP contribution in [0.4, 0.5) is 0 Å². The average Bonchev–Trinajstić information content (AvgIpc) is 2.87. The second kappa shape index (κ2) is 4.05. The van der Waals surface area contributed by atoms with E-state index < -0.39 is 17.4 Å². The predicted octanol–water partition coefficient (Wildman–Crippen LogP) is 1.93. The highest BCUT2D eigenvalue weighted by molar-refractivity contribution is 5.89. The highest BCUT2D eigenvalue weighted by atomic mass is 16.5. The van der Waals surface area contributed by atoms with E-state index in [1.165, 1.54) is 7.11 Å². The molecule has 4 nitrogen and oxygen atoms in total. The van der Waals surface area contributed by atoms with Gasteiger partial charge in [0.05, 0.1) is 11.2 Å². The summed E-state index contributed by atoms with van der Waals surface area (Å²) in [5.74, 6) is -0.993. The number of hydrogen-bond donors (Lipinski definition) is 0. The fourth-order valence-electron chi connectivity index (χ4n) is 4.92. The highest BCUT2D eigenvalue weighted by Gasteiger charge is 2.65. The van der Waals surface area contributed by atoms with Crippen molar-refractivity contribution in [3.63, 3.8) is 0 Å². The number of carbonyl (C=O) groups is 1. The number of benzene rings is 1. The number of Topliss-reactive ketones (excluding diaryl/α,β-unsaturated/α-hetero) is 1. The molecular formula is C18H21NO3. The minimum atomic E-state index is -1.88. The lowest BCUT2D eigenvalue weighted by atomic mass is 9.52. The van der Waals surface area contributed by atoms with Gasteiger partial charge in [-0.1, -0.05) is 6.04 Å². The fraction of sp³-hybridized carbons (Fsp3) is 0.611. The number of ketones is 1. The molecule has 2 fully saturated rings. The lowest BCUT2D eigenvalue weighted by Gasteiger charge is -2.57. The maximum atomic E-state index is 12.9. The monoisotopic (exact) mass is 303 g/mol. The maximum Gasteiger partial charge on any atom is 0.174 e. The zero-order chi connectivity index (χ0) is 18.6. The fourth-order valence-corrected chi connectivity index (χ4v) is 4.92. The predicted molar refractivity (Wildman–Crippen MR) is 81.6 cm³/mol. The molecule has 116 valence electrons. The first kappa shape index (κ1) is 9.56. The molecule has 1 aromatic carbocycles.